The summed E-state index contributed by atoms with van der Waals surface area (Å²) in [6.07, 6.45) is 3.56. The predicted octanol–water partition coefficient (Wildman–Crippen LogP) is 1.89. The number of amides is 2. The molecule has 0 saturated heterocycles. The first-order valence-corrected chi connectivity index (χ1v) is 9.37. The molecule has 2 N–H and O–H groups in total. The average Bonchev–Trinajstić information content (AvgIpc) is 3.21. The number of aromatic hydroxyl groups is 1. The number of nitrogens with one attached hydrogen (secondary N) is 1. The van der Waals surface area contributed by atoms with Crippen LogP contribution in [-0.2, 0) is 17.9 Å². The maximum Gasteiger partial charge on any atom is 0.254 e. The summed E-state index contributed by atoms with van der Waals surface area (Å²) in [5, 5.41) is 16.9. The summed E-state index contributed by atoms with van der Waals surface area (Å²) in [4.78, 5) is 31.3. The highest BCUT2D eigenvalue weighted by Gasteiger charge is 2.30. The second kappa shape index (κ2) is 8.14. The number of nitrogens with zero attached hydrogens (tertiary/aromatic N) is 4. The lowest BCUT2D eigenvalue weighted by Crippen LogP contribution is -2.42. The van der Waals surface area contributed by atoms with Crippen LogP contribution in [0, 0.1) is 0 Å². The lowest BCUT2D eigenvalue weighted by molar-refractivity contribution is -0.122. The summed E-state index contributed by atoms with van der Waals surface area (Å²) in [7, 11) is 0. The molecule has 1 aliphatic heterocycles. The smallest absolute Gasteiger partial charge is 0.254 e. The first kappa shape index (κ1) is 18.7. The second-order valence-electron chi connectivity index (χ2n) is 6.96. The Balaban J connectivity index is 1.45. The molecule has 1 atom stereocenters. The van der Waals surface area contributed by atoms with Crippen LogP contribution in [0.2, 0.25) is 0 Å². The van der Waals surface area contributed by atoms with E-state index in [9.17, 15) is 14.7 Å². The van der Waals surface area contributed by atoms with Crippen LogP contribution >= 0.6 is 0 Å². The van der Waals surface area contributed by atoms with Crippen molar-refractivity contribution >= 4 is 11.8 Å². The zero-order chi connectivity index (χ0) is 20.2. The van der Waals surface area contributed by atoms with E-state index < -0.39 is 0 Å². The van der Waals surface area contributed by atoms with E-state index in [0.717, 1.165) is 11.4 Å². The fourth-order valence-corrected chi connectivity index (χ4v) is 3.49. The number of carbonyl (C=O) groups is 2. The van der Waals surface area contributed by atoms with Crippen LogP contribution in [0.5, 0.6) is 5.75 Å². The molecule has 0 saturated carbocycles. The molecule has 1 aliphatic rings. The molecule has 29 heavy (non-hydrogen) atoms. The Morgan fingerprint density at radius 2 is 2.03 bits per heavy atom. The summed E-state index contributed by atoms with van der Waals surface area (Å²) >= 11 is 0. The van der Waals surface area contributed by atoms with Crippen LogP contribution < -0.4 is 5.32 Å². The Morgan fingerprint density at radius 1 is 1.14 bits per heavy atom. The highest BCUT2D eigenvalue weighted by atomic mass is 16.3. The molecule has 4 rings (SSSR count). The van der Waals surface area contributed by atoms with Crippen LogP contribution in [0.1, 0.15) is 34.2 Å². The first-order chi connectivity index (χ1) is 14.1. The van der Waals surface area contributed by atoms with Crippen molar-refractivity contribution < 1.29 is 14.7 Å². The van der Waals surface area contributed by atoms with Gasteiger partial charge in [-0.15, -0.1) is 0 Å². The Kier molecular flexibility index (Phi) is 5.24. The van der Waals surface area contributed by atoms with Gasteiger partial charge in [-0.1, -0.05) is 12.1 Å². The molecule has 0 spiro atoms. The first-order valence-electron chi connectivity index (χ1n) is 9.37. The van der Waals surface area contributed by atoms with Gasteiger partial charge in [-0.25, -0.2) is 0 Å². The molecular weight excluding hydrogens is 370 g/mol. The van der Waals surface area contributed by atoms with Gasteiger partial charge in [0.2, 0.25) is 5.91 Å². The number of hydrogen-bond donors (Lipinski definition) is 2. The van der Waals surface area contributed by atoms with E-state index in [1.165, 1.54) is 12.1 Å². The minimum absolute atomic E-state index is 0.0448. The molecule has 0 bridgehead atoms. The third-order valence-corrected chi connectivity index (χ3v) is 4.88. The highest BCUT2D eigenvalue weighted by Crippen LogP contribution is 2.25. The Bertz CT molecular complexity index is 1020. The van der Waals surface area contributed by atoms with E-state index in [4.69, 9.17) is 0 Å². The standard InChI is InChI=1S/C21H21N5O3/c27-19-6-3-4-15(10-19)21(29)25-13-17-7-9-24-26(17)18(14-25)11-20(28)23-12-16-5-1-2-8-22-16/h1-10,18,27H,11-14H2,(H,23,28). The summed E-state index contributed by atoms with van der Waals surface area (Å²) in [5.74, 6) is -0.274. The number of hydrogen-bond acceptors (Lipinski definition) is 5. The topological polar surface area (TPSA) is 100 Å². The van der Waals surface area contributed by atoms with Crippen LogP contribution in [0.15, 0.2) is 60.9 Å². The molecule has 3 aromatic rings. The van der Waals surface area contributed by atoms with Gasteiger partial charge in [-0.2, -0.15) is 5.10 Å². The van der Waals surface area contributed by atoms with Crippen molar-refractivity contribution in [1.29, 1.82) is 0 Å². The Morgan fingerprint density at radius 3 is 2.83 bits per heavy atom. The SMILES string of the molecule is O=C(CC1CN(C(=O)c2cccc(O)c2)Cc2ccnn21)NCc1ccccn1. The quantitative estimate of drug-likeness (QED) is 0.692. The number of aromatic nitrogens is 3. The summed E-state index contributed by atoms with van der Waals surface area (Å²) in [5.41, 5.74) is 2.06. The Hall–Kier alpha value is -3.68. The van der Waals surface area contributed by atoms with Crippen LogP contribution in [0.3, 0.4) is 0 Å². The maximum atomic E-state index is 12.9. The fraction of sp³-hybridized carbons (Fsp3) is 0.238. The number of carbonyl (C=O) groups excluding carboxylic acids is 2. The van der Waals surface area contributed by atoms with Crippen molar-refractivity contribution in [3.63, 3.8) is 0 Å². The fourth-order valence-electron chi connectivity index (χ4n) is 3.49. The molecule has 2 aromatic heterocycles. The van der Waals surface area contributed by atoms with Gasteiger partial charge in [-0.05, 0) is 36.4 Å². The molecule has 148 valence electrons. The van der Waals surface area contributed by atoms with Crippen molar-refractivity contribution in [2.75, 3.05) is 6.54 Å². The van der Waals surface area contributed by atoms with Gasteiger partial charge < -0.3 is 15.3 Å². The predicted molar refractivity (Wildman–Crippen MR) is 105 cm³/mol. The van der Waals surface area contributed by atoms with E-state index in [-0.39, 0.29) is 30.0 Å². The zero-order valence-electron chi connectivity index (χ0n) is 15.7. The van der Waals surface area contributed by atoms with Crippen molar-refractivity contribution in [1.82, 2.24) is 25.0 Å². The van der Waals surface area contributed by atoms with Crippen molar-refractivity contribution in [2.45, 2.75) is 25.6 Å². The lowest BCUT2D eigenvalue weighted by atomic mass is 10.1. The van der Waals surface area contributed by atoms with E-state index in [1.807, 2.05) is 28.9 Å². The molecule has 8 nitrogen and oxygen atoms in total. The van der Waals surface area contributed by atoms with E-state index in [2.05, 4.69) is 15.4 Å². The second-order valence-corrected chi connectivity index (χ2v) is 6.96. The third-order valence-electron chi connectivity index (χ3n) is 4.88. The summed E-state index contributed by atoms with van der Waals surface area (Å²) < 4.78 is 1.81. The Labute approximate surface area is 167 Å². The van der Waals surface area contributed by atoms with Crippen LogP contribution in [-0.4, -0.2) is 43.1 Å². The molecule has 3 heterocycles. The number of benzene rings is 1. The van der Waals surface area contributed by atoms with Gasteiger partial charge in [0.15, 0.2) is 0 Å². The summed E-state index contributed by atoms with van der Waals surface area (Å²) in [6.45, 7) is 1.12. The number of rotatable bonds is 5. The minimum Gasteiger partial charge on any atom is -0.508 e. The van der Waals surface area contributed by atoms with Gasteiger partial charge in [0.05, 0.1) is 36.9 Å². The lowest BCUT2D eigenvalue weighted by Gasteiger charge is -2.33. The largest absolute Gasteiger partial charge is 0.508 e. The van der Waals surface area contributed by atoms with Crippen LogP contribution in [0.25, 0.3) is 0 Å². The molecule has 1 unspecified atom stereocenters. The summed E-state index contributed by atoms with van der Waals surface area (Å²) in [6, 6.07) is 13.4. The van der Waals surface area contributed by atoms with Gasteiger partial charge in [0.25, 0.3) is 5.91 Å². The molecule has 0 fully saturated rings. The van der Waals surface area contributed by atoms with Crippen molar-refractivity contribution in [3.8, 4) is 5.75 Å². The molecule has 8 heteroatoms. The average molecular weight is 391 g/mol. The zero-order valence-corrected chi connectivity index (χ0v) is 15.7. The van der Waals surface area contributed by atoms with E-state index in [0.29, 0.717) is 25.2 Å². The molecule has 0 aliphatic carbocycles. The number of phenols is 1. The molecule has 1 aromatic carbocycles. The van der Waals surface area contributed by atoms with Gasteiger partial charge >= 0.3 is 0 Å². The monoisotopic (exact) mass is 391 g/mol. The number of phenolic OH excluding ortho intramolecular Hbond substituents is 1. The number of pyridine rings is 1. The van der Waals surface area contributed by atoms with Crippen LogP contribution in [0.4, 0.5) is 0 Å². The van der Waals surface area contributed by atoms with E-state index in [1.54, 1.807) is 29.4 Å². The minimum atomic E-state index is -0.265. The van der Waals surface area contributed by atoms with Crippen molar-refractivity contribution in [3.05, 3.63) is 77.9 Å². The van der Waals surface area contributed by atoms with Gasteiger partial charge in [0, 0.05) is 24.5 Å². The van der Waals surface area contributed by atoms with Gasteiger partial charge in [0.1, 0.15) is 5.75 Å². The highest BCUT2D eigenvalue weighted by molar-refractivity contribution is 5.94. The number of fused-ring (bicyclic) bond motifs is 1. The molecular formula is C21H21N5O3. The van der Waals surface area contributed by atoms with Gasteiger partial charge in [-0.3, -0.25) is 19.3 Å². The maximum absolute atomic E-state index is 12.9. The van der Waals surface area contributed by atoms with Crippen molar-refractivity contribution in [2.24, 2.45) is 0 Å². The molecule has 2 amide bonds. The molecule has 0 radical (unpaired) electrons. The normalized spacial score (nSPS) is 15.6. The van der Waals surface area contributed by atoms with E-state index >= 15 is 0 Å². The third kappa shape index (κ3) is 4.26.